The number of hydrogen-bond acceptors (Lipinski definition) is 4. The fourth-order valence-corrected chi connectivity index (χ4v) is 1.92. The minimum atomic E-state index is -0.630. The van der Waals surface area contributed by atoms with Gasteiger partial charge in [-0.2, -0.15) is 0 Å². The molecular formula is C17H26N2O4. The molecule has 2 N–H and O–H groups in total. The van der Waals surface area contributed by atoms with Crippen molar-refractivity contribution in [3.05, 3.63) is 35.9 Å². The fourth-order valence-electron chi connectivity index (χ4n) is 1.92. The largest absolute Gasteiger partial charge is 0.444 e. The van der Waals surface area contributed by atoms with Crippen LogP contribution in [0.3, 0.4) is 0 Å². The SMILES string of the molecule is COC(C(=O)NCCCNC(=O)OC(C)(C)C)c1ccccc1. The molecule has 0 fully saturated rings. The van der Waals surface area contributed by atoms with Crippen LogP contribution < -0.4 is 10.6 Å². The zero-order chi connectivity index (χ0) is 17.3. The van der Waals surface area contributed by atoms with Crippen LogP contribution in [0.25, 0.3) is 0 Å². The molecule has 0 saturated heterocycles. The van der Waals surface area contributed by atoms with E-state index >= 15 is 0 Å². The molecule has 0 aliphatic heterocycles. The van der Waals surface area contributed by atoms with Gasteiger partial charge in [0, 0.05) is 20.2 Å². The van der Waals surface area contributed by atoms with Crippen LogP contribution in [0.4, 0.5) is 4.79 Å². The number of methoxy groups -OCH3 is 1. The van der Waals surface area contributed by atoms with Gasteiger partial charge in [-0.15, -0.1) is 0 Å². The van der Waals surface area contributed by atoms with E-state index in [9.17, 15) is 9.59 Å². The second kappa shape index (κ2) is 9.15. The molecule has 0 aliphatic carbocycles. The van der Waals surface area contributed by atoms with E-state index in [1.807, 2.05) is 30.3 Å². The summed E-state index contributed by atoms with van der Waals surface area (Å²) in [6.07, 6.45) is -0.478. The number of benzene rings is 1. The van der Waals surface area contributed by atoms with Crippen LogP contribution in [0.5, 0.6) is 0 Å². The predicted molar refractivity (Wildman–Crippen MR) is 88.1 cm³/mol. The van der Waals surface area contributed by atoms with Crippen molar-refractivity contribution in [3.8, 4) is 0 Å². The third-order valence-corrected chi connectivity index (χ3v) is 2.90. The Morgan fingerprint density at radius 1 is 1.09 bits per heavy atom. The van der Waals surface area contributed by atoms with Gasteiger partial charge in [-0.3, -0.25) is 4.79 Å². The normalized spacial score (nSPS) is 12.3. The van der Waals surface area contributed by atoms with Crippen molar-refractivity contribution in [1.82, 2.24) is 10.6 Å². The van der Waals surface area contributed by atoms with Crippen LogP contribution in [-0.2, 0) is 14.3 Å². The van der Waals surface area contributed by atoms with E-state index in [1.54, 1.807) is 20.8 Å². The van der Waals surface area contributed by atoms with Gasteiger partial charge in [0.25, 0.3) is 5.91 Å². The number of rotatable bonds is 7. The number of hydrogen-bond donors (Lipinski definition) is 2. The van der Waals surface area contributed by atoms with E-state index in [1.165, 1.54) is 7.11 Å². The average molecular weight is 322 g/mol. The molecule has 0 aliphatic rings. The van der Waals surface area contributed by atoms with E-state index in [-0.39, 0.29) is 5.91 Å². The monoisotopic (exact) mass is 322 g/mol. The molecule has 6 heteroatoms. The standard InChI is InChI=1S/C17H26N2O4/c1-17(2,3)23-16(21)19-12-8-11-18-15(20)14(22-4)13-9-6-5-7-10-13/h5-7,9-10,14H,8,11-12H2,1-4H3,(H,18,20)(H,19,21). The van der Waals surface area contributed by atoms with Gasteiger partial charge >= 0.3 is 6.09 Å². The highest BCUT2D eigenvalue weighted by molar-refractivity contribution is 5.82. The van der Waals surface area contributed by atoms with E-state index in [0.29, 0.717) is 19.5 Å². The Labute approximate surface area is 137 Å². The van der Waals surface area contributed by atoms with Crippen molar-refractivity contribution in [1.29, 1.82) is 0 Å². The van der Waals surface area contributed by atoms with E-state index in [4.69, 9.17) is 9.47 Å². The average Bonchev–Trinajstić information content (AvgIpc) is 2.47. The molecule has 1 aromatic rings. The number of carbonyl (C=O) groups is 2. The molecule has 1 aromatic carbocycles. The molecule has 2 amide bonds. The Kier molecular flexibility index (Phi) is 7.54. The van der Waals surface area contributed by atoms with Crippen LogP contribution in [0, 0.1) is 0 Å². The van der Waals surface area contributed by atoms with Crippen LogP contribution >= 0.6 is 0 Å². The first-order valence-corrected chi connectivity index (χ1v) is 7.66. The molecule has 0 radical (unpaired) electrons. The van der Waals surface area contributed by atoms with Gasteiger partial charge in [0.15, 0.2) is 6.10 Å². The predicted octanol–water partition coefficient (Wildman–Crippen LogP) is 2.41. The van der Waals surface area contributed by atoms with Crippen molar-refractivity contribution < 1.29 is 19.1 Å². The van der Waals surface area contributed by atoms with Gasteiger partial charge in [0.2, 0.25) is 0 Å². The number of nitrogens with one attached hydrogen (secondary N) is 2. The second-order valence-corrected chi connectivity index (χ2v) is 6.10. The van der Waals surface area contributed by atoms with Gasteiger partial charge < -0.3 is 20.1 Å². The summed E-state index contributed by atoms with van der Waals surface area (Å²) >= 11 is 0. The maximum atomic E-state index is 12.1. The summed E-state index contributed by atoms with van der Waals surface area (Å²) in [4.78, 5) is 23.6. The summed E-state index contributed by atoms with van der Waals surface area (Å²) in [6.45, 7) is 6.29. The molecule has 0 aromatic heterocycles. The van der Waals surface area contributed by atoms with Crippen LogP contribution in [0.1, 0.15) is 38.9 Å². The quantitative estimate of drug-likeness (QED) is 0.756. The minimum Gasteiger partial charge on any atom is -0.444 e. The second-order valence-electron chi connectivity index (χ2n) is 6.10. The summed E-state index contributed by atoms with van der Waals surface area (Å²) in [6, 6.07) is 9.30. The number of alkyl carbamates (subject to hydrolysis) is 1. The molecular weight excluding hydrogens is 296 g/mol. The van der Waals surface area contributed by atoms with E-state index in [2.05, 4.69) is 10.6 Å². The summed E-state index contributed by atoms with van der Waals surface area (Å²) in [5.41, 5.74) is 0.291. The van der Waals surface area contributed by atoms with Crippen molar-refractivity contribution in [3.63, 3.8) is 0 Å². The number of ether oxygens (including phenoxy) is 2. The van der Waals surface area contributed by atoms with E-state index < -0.39 is 17.8 Å². The lowest BCUT2D eigenvalue weighted by Gasteiger charge is -2.19. The Morgan fingerprint density at radius 3 is 2.26 bits per heavy atom. The third-order valence-electron chi connectivity index (χ3n) is 2.90. The van der Waals surface area contributed by atoms with Crippen molar-refractivity contribution in [2.45, 2.75) is 38.9 Å². The summed E-state index contributed by atoms with van der Waals surface area (Å²) in [5, 5.41) is 5.44. The Balaban J connectivity index is 2.27. The van der Waals surface area contributed by atoms with Gasteiger partial charge in [-0.1, -0.05) is 30.3 Å². The number of carbonyl (C=O) groups excluding carboxylic acids is 2. The Bertz CT molecular complexity index is 497. The Morgan fingerprint density at radius 2 is 1.70 bits per heavy atom. The number of amides is 2. The van der Waals surface area contributed by atoms with Crippen LogP contribution in [-0.4, -0.2) is 37.8 Å². The molecule has 6 nitrogen and oxygen atoms in total. The van der Waals surface area contributed by atoms with Gasteiger partial charge in [0.05, 0.1) is 0 Å². The third kappa shape index (κ3) is 7.65. The minimum absolute atomic E-state index is 0.198. The lowest BCUT2D eigenvalue weighted by molar-refractivity contribution is -0.131. The molecule has 0 spiro atoms. The zero-order valence-electron chi connectivity index (χ0n) is 14.2. The van der Waals surface area contributed by atoms with Crippen molar-refractivity contribution >= 4 is 12.0 Å². The maximum Gasteiger partial charge on any atom is 0.407 e. The molecule has 1 rings (SSSR count). The summed E-state index contributed by atoms with van der Waals surface area (Å²) in [5.74, 6) is -0.198. The van der Waals surface area contributed by atoms with Gasteiger partial charge in [-0.05, 0) is 32.8 Å². The molecule has 128 valence electrons. The molecule has 1 unspecified atom stereocenters. The topological polar surface area (TPSA) is 76.7 Å². The highest BCUT2D eigenvalue weighted by Crippen LogP contribution is 2.15. The molecule has 0 bridgehead atoms. The van der Waals surface area contributed by atoms with Crippen LogP contribution in [0.15, 0.2) is 30.3 Å². The first kappa shape index (κ1) is 19.0. The fraction of sp³-hybridized carbons (Fsp3) is 0.529. The smallest absolute Gasteiger partial charge is 0.407 e. The van der Waals surface area contributed by atoms with Gasteiger partial charge in [0.1, 0.15) is 5.60 Å². The van der Waals surface area contributed by atoms with Crippen molar-refractivity contribution in [2.24, 2.45) is 0 Å². The van der Waals surface area contributed by atoms with Crippen LogP contribution in [0.2, 0.25) is 0 Å². The van der Waals surface area contributed by atoms with E-state index in [0.717, 1.165) is 5.56 Å². The lowest BCUT2D eigenvalue weighted by atomic mass is 10.1. The highest BCUT2D eigenvalue weighted by atomic mass is 16.6. The van der Waals surface area contributed by atoms with Crippen molar-refractivity contribution in [2.75, 3.05) is 20.2 Å². The molecule has 0 heterocycles. The molecule has 0 saturated carbocycles. The molecule has 1 atom stereocenters. The first-order chi connectivity index (χ1) is 10.8. The summed E-state index contributed by atoms with van der Waals surface area (Å²) in [7, 11) is 1.50. The lowest BCUT2D eigenvalue weighted by Crippen LogP contribution is -2.35. The summed E-state index contributed by atoms with van der Waals surface area (Å²) < 4.78 is 10.4. The zero-order valence-corrected chi connectivity index (χ0v) is 14.2. The van der Waals surface area contributed by atoms with Gasteiger partial charge in [-0.25, -0.2) is 4.79 Å². The molecule has 23 heavy (non-hydrogen) atoms. The first-order valence-electron chi connectivity index (χ1n) is 7.66. The highest BCUT2D eigenvalue weighted by Gasteiger charge is 2.19. The Hall–Kier alpha value is -2.08. The maximum absolute atomic E-state index is 12.1.